The standard InChI is InChI=1S/C17H14ClNO2S/c18-17-11-5-4-9-16(17)10-6-13-19-22(20,21)14-12-15-7-2-1-3-8-15/h1-5,7-9,11-12,14,19H,13H2/b14-12+. The van der Waals surface area contributed by atoms with Gasteiger partial charge in [-0.2, -0.15) is 4.72 Å². The Balaban J connectivity index is 1.94. The lowest BCUT2D eigenvalue weighted by Gasteiger charge is -1.97. The molecular formula is C17H14ClNO2S. The maximum atomic E-state index is 11.8. The van der Waals surface area contributed by atoms with E-state index in [0.717, 1.165) is 11.0 Å². The molecule has 1 N–H and O–H groups in total. The Bertz CT molecular complexity index is 818. The van der Waals surface area contributed by atoms with E-state index in [-0.39, 0.29) is 6.54 Å². The molecule has 0 atom stereocenters. The summed E-state index contributed by atoms with van der Waals surface area (Å²) in [7, 11) is -3.51. The van der Waals surface area contributed by atoms with Crippen molar-refractivity contribution in [2.45, 2.75) is 0 Å². The average molecular weight is 332 g/mol. The lowest BCUT2D eigenvalue weighted by molar-refractivity contribution is 0.595. The first kappa shape index (κ1) is 16.3. The number of nitrogens with one attached hydrogen (secondary N) is 1. The van der Waals surface area contributed by atoms with Crippen LogP contribution in [0.3, 0.4) is 0 Å². The van der Waals surface area contributed by atoms with Crippen molar-refractivity contribution in [1.29, 1.82) is 0 Å². The van der Waals surface area contributed by atoms with Crippen molar-refractivity contribution < 1.29 is 8.42 Å². The number of hydrogen-bond donors (Lipinski definition) is 1. The summed E-state index contributed by atoms with van der Waals surface area (Å²) >= 11 is 5.96. The van der Waals surface area contributed by atoms with Gasteiger partial charge in [0, 0.05) is 11.0 Å². The highest BCUT2D eigenvalue weighted by molar-refractivity contribution is 7.92. The normalized spacial score (nSPS) is 11.1. The molecule has 2 aromatic rings. The molecule has 0 aliphatic carbocycles. The van der Waals surface area contributed by atoms with E-state index in [0.29, 0.717) is 10.6 Å². The van der Waals surface area contributed by atoms with Gasteiger partial charge in [0.25, 0.3) is 0 Å². The Morgan fingerprint density at radius 3 is 2.45 bits per heavy atom. The van der Waals surface area contributed by atoms with Crippen molar-refractivity contribution >= 4 is 27.7 Å². The van der Waals surface area contributed by atoms with Gasteiger partial charge < -0.3 is 0 Å². The van der Waals surface area contributed by atoms with Crippen molar-refractivity contribution in [2.24, 2.45) is 0 Å². The fourth-order valence-corrected chi connectivity index (χ4v) is 2.51. The fourth-order valence-electron chi connectivity index (χ4n) is 1.62. The van der Waals surface area contributed by atoms with Crippen LogP contribution in [-0.4, -0.2) is 15.0 Å². The maximum absolute atomic E-state index is 11.8. The van der Waals surface area contributed by atoms with Crippen LogP contribution >= 0.6 is 11.6 Å². The third kappa shape index (κ3) is 5.38. The summed E-state index contributed by atoms with van der Waals surface area (Å²) in [4.78, 5) is 0. The van der Waals surface area contributed by atoms with Crippen LogP contribution in [0.5, 0.6) is 0 Å². The smallest absolute Gasteiger partial charge is 0.208 e. The van der Waals surface area contributed by atoms with Crippen LogP contribution < -0.4 is 4.72 Å². The maximum Gasteiger partial charge on any atom is 0.234 e. The molecule has 0 saturated carbocycles. The van der Waals surface area contributed by atoms with Crippen LogP contribution in [0.4, 0.5) is 0 Å². The van der Waals surface area contributed by atoms with Gasteiger partial charge in [-0.05, 0) is 23.8 Å². The number of sulfonamides is 1. The second-order valence-corrected chi connectivity index (χ2v) is 6.42. The molecule has 2 rings (SSSR count). The molecule has 5 heteroatoms. The molecule has 0 bridgehead atoms. The summed E-state index contributed by atoms with van der Waals surface area (Å²) in [5.74, 6) is 5.56. The van der Waals surface area contributed by atoms with Crippen molar-refractivity contribution in [1.82, 2.24) is 4.72 Å². The Hall–Kier alpha value is -2.06. The van der Waals surface area contributed by atoms with Crippen molar-refractivity contribution in [3.63, 3.8) is 0 Å². The molecule has 0 unspecified atom stereocenters. The highest BCUT2D eigenvalue weighted by Gasteiger charge is 2.02. The molecule has 3 nitrogen and oxygen atoms in total. The number of hydrogen-bond acceptors (Lipinski definition) is 2. The van der Waals surface area contributed by atoms with E-state index in [4.69, 9.17) is 11.6 Å². The van der Waals surface area contributed by atoms with E-state index >= 15 is 0 Å². The molecule has 0 aliphatic heterocycles. The predicted molar refractivity (Wildman–Crippen MR) is 90.7 cm³/mol. The van der Waals surface area contributed by atoms with Crippen molar-refractivity contribution in [3.8, 4) is 11.8 Å². The fraction of sp³-hybridized carbons (Fsp3) is 0.0588. The molecular weight excluding hydrogens is 318 g/mol. The molecule has 0 fully saturated rings. The van der Waals surface area contributed by atoms with E-state index in [1.54, 1.807) is 12.1 Å². The van der Waals surface area contributed by atoms with Gasteiger partial charge in [0.05, 0.1) is 11.6 Å². The Kier molecular flexibility index (Phi) is 5.79. The van der Waals surface area contributed by atoms with Crippen molar-refractivity contribution in [2.75, 3.05) is 6.54 Å². The van der Waals surface area contributed by atoms with Gasteiger partial charge in [-0.1, -0.05) is 65.9 Å². The van der Waals surface area contributed by atoms with Gasteiger partial charge in [0.2, 0.25) is 10.0 Å². The Morgan fingerprint density at radius 2 is 1.73 bits per heavy atom. The first-order valence-corrected chi connectivity index (χ1v) is 8.45. The topological polar surface area (TPSA) is 46.2 Å². The molecule has 0 amide bonds. The minimum Gasteiger partial charge on any atom is -0.208 e. The summed E-state index contributed by atoms with van der Waals surface area (Å²) in [6.45, 7) is 0.0205. The zero-order valence-corrected chi connectivity index (χ0v) is 13.2. The summed E-state index contributed by atoms with van der Waals surface area (Å²) in [5, 5.41) is 1.67. The summed E-state index contributed by atoms with van der Waals surface area (Å²) in [5.41, 5.74) is 1.48. The summed E-state index contributed by atoms with van der Waals surface area (Å²) < 4.78 is 26.0. The quantitative estimate of drug-likeness (QED) is 0.874. The van der Waals surface area contributed by atoms with E-state index in [1.165, 1.54) is 6.08 Å². The molecule has 0 spiro atoms. The van der Waals surface area contributed by atoms with E-state index in [9.17, 15) is 8.42 Å². The molecule has 0 saturated heterocycles. The van der Waals surface area contributed by atoms with Crippen LogP contribution in [0.25, 0.3) is 6.08 Å². The average Bonchev–Trinajstić information content (AvgIpc) is 2.52. The molecule has 0 aromatic heterocycles. The first-order valence-electron chi connectivity index (χ1n) is 6.53. The number of halogens is 1. The minimum atomic E-state index is -3.51. The highest BCUT2D eigenvalue weighted by Crippen LogP contribution is 2.12. The molecule has 0 aliphatic rings. The third-order valence-electron chi connectivity index (χ3n) is 2.70. The zero-order chi connectivity index (χ0) is 15.8. The Labute approximate surface area is 135 Å². The second-order valence-electron chi connectivity index (χ2n) is 4.36. The first-order chi connectivity index (χ1) is 10.6. The molecule has 22 heavy (non-hydrogen) atoms. The van der Waals surface area contributed by atoms with Gasteiger partial charge in [-0.3, -0.25) is 0 Å². The highest BCUT2D eigenvalue weighted by atomic mass is 35.5. The molecule has 0 radical (unpaired) electrons. The summed E-state index contributed by atoms with van der Waals surface area (Å²) in [6, 6.07) is 16.3. The van der Waals surface area contributed by atoms with Gasteiger partial charge in [0.15, 0.2) is 0 Å². The van der Waals surface area contributed by atoms with E-state index in [2.05, 4.69) is 16.6 Å². The monoisotopic (exact) mass is 331 g/mol. The zero-order valence-electron chi connectivity index (χ0n) is 11.7. The van der Waals surface area contributed by atoms with Crippen molar-refractivity contribution in [3.05, 3.63) is 76.2 Å². The van der Waals surface area contributed by atoms with E-state index < -0.39 is 10.0 Å². The summed E-state index contributed by atoms with van der Waals surface area (Å²) in [6.07, 6.45) is 1.53. The SMILES string of the molecule is O=S(=O)(/C=C/c1ccccc1)NCC#Cc1ccccc1Cl. The number of benzene rings is 2. The molecule has 0 heterocycles. The van der Waals surface area contributed by atoms with Crippen LogP contribution in [0.2, 0.25) is 5.02 Å². The largest absolute Gasteiger partial charge is 0.234 e. The van der Waals surface area contributed by atoms with Gasteiger partial charge in [0.1, 0.15) is 0 Å². The minimum absolute atomic E-state index is 0.0205. The Morgan fingerprint density at radius 1 is 1.05 bits per heavy atom. The van der Waals surface area contributed by atoms with Crippen LogP contribution in [0.15, 0.2) is 60.0 Å². The molecule has 2 aromatic carbocycles. The third-order valence-corrected chi connectivity index (χ3v) is 4.07. The predicted octanol–water partition coefficient (Wildman–Crippen LogP) is 3.28. The lowest BCUT2D eigenvalue weighted by Crippen LogP contribution is -2.21. The van der Waals surface area contributed by atoms with Crippen LogP contribution in [-0.2, 0) is 10.0 Å². The molecule has 112 valence electrons. The lowest BCUT2D eigenvalue weighted by atomic mass is 10.2. The van der Waals surface area contributed by atoms with Gasteiger partial charge >= 0.3 is 0 Å². The van der Waals surface area contributed by atoms with Crippen LogP contribution in [0.1, 0.15) is 11.1 Å². The second kappa shape index (κ2) is 7.81. The van der Waals surface area contributed by atoms with E-state index in [1.807, 2.05) is 42.5 Å². The van der Waals surface area contributed by atoms with Gasteiger partial charge in [-0.15, -0.1) is 0 Å². The number of rotatable bonds is 4. The van der Waals surface area contributed by atoms with Crippen LogP contribution in [0, 0.1) is 11.8 Å². The van der Waals surface area contributed by atoms with Gasteiger partial charge in [-0.25, -0.2) is 8.42 Å².